The number of pyridine rings is 1. The minimum absolute atomic E-state index is 0.0359. The molecule has 0 fully saturated rings. The molecular weight excluding hydrogens is 420 g/mol. The van der Waals surface area contributed by atoms with Gasteiger partial charge in [-0.05, 0) is 12.1 Å². The topological polar surface area (TPSA) is 79.6 Å². The van der Waals surface area contributed by atoms with Crippen LogP contribution in [-0.4, -0.2) is 35.0 Å². The SMILES string of the molecule is CN1CCC(=O)c2cc(F)c(F)cc21.Cn1c(C(=O)O)cc(=O)c2cc(F)c(F)cc21. The monoisotopic (exact) mass is 436 g/mol. The predicted octanol–water partition coefficient (Wildman–Crippen LogP) is 3.50. The van der Waals surface area contributed by atoms with E-state index in [0.29, 0.717) is 18.7 Å². The Morgan fingerprint density at radius 3 is 2.13 bits per heavy atom. The number of anilines is 1. The maximum absolute atomic E-state index is 13.1. The molecule has 0 spiro atoms. The van der Waals surface area contributed by atoms with E-state index < -0.39 is 34.7 Å². The molecule has 3 aromatic rings. The average molecular weight is 436 g/mol. The molecule has 1 N–H and O–H groups in total. The van der Waals surface area contributed by atoms with Crippen molar-refractivity contribution >= 4 is 28.3 Å². The lowest BCUT2D eigenvalue weighted by atomic mass is 10.0. The van der Waals surface area contributed by atoms with E-state index in [1.165, 1.54) is 7.05 Å². The Bertz CT molecular complexity index is 1290. The Morgan fingerprint density at radius 2 is 1.48 bits per heavy atom. The van der Waals surface area contributed by atoms with Crippen LogP contribution >= 0.6 is 0 Å². The van der Waals surface area contributed by atoms with E-state index in [2.05, 4.69) is 0 Å². The molecule has 6 nitrogen and oxygen atoms in total. The first-order valence-corrected chi connectivity index (χ1v) is 8.96. The number of hydrogen-bond acceptors (Lipinski definition) is 4. The number of halogens is 4. The lowest BCUT2D eigenvalue weighted by Gasteiger charge is -2.26. The zero-order valence-corrected chi connectivity index (χ0v) is 16.4. The second-order valence-corrected chi connectivity index (χ2v) is 6.92. The second kappa shape index (κ2) is 8.21. The fourth-order valence-corrected chi connectivity index (χ4v) is 3.24. The number of Topliss-reactive ketones (excluding diaryl/α,β-unsaturated/α-hetero) is 1. The van der Waals surface area contributed by atoms with Gasteiger partial charge in [-0.15, -0.1) is 0 Å². The van der Waals surface area contributed by atoms with Gasteiger partial charge in [-0.3, -0.25) is 9.59 Å². The first-order valence-electron chi connectivity index (χ1n) is 8.96. The minimum Gasteiger partial charge on any atom is -0.477 e. The number of fused-ring (bicyclic) bond motifs is 2. The molecule has 1 aliphatic heterocycles. The van der Waals surface area contributed by atoms with Crippen LogP contribution in [0.25, 0.3) is 10.9 Å². The molecule has 0 saturated heterocycles. The molecule has 2 aromatic carbocycles. The van der Waals surface area contributed by atoms with Gasteiger partial charge >= 0.3 is 5.97 Å². The van der Waals surface area contributed by atoms with E-state index in [1.807, 2.05) is 0 Å². The number of carboxylic acid groups (broad SMARTS) is 1. The number of nitrogens with zero attached hydrogens (tertiary/aromatic N) is 2. The first kappa shape index (κ1) is 22.0. The smallest absolute Gasteiger partial charge is 0.352 e. The van der Waals surface area contributed by atoms with Gasteiger partial charge in [0.15, 0.2) is 34.5 Å². The second-order valence-electron chi connectivity index (χ2n) is 6.92. The highest BCUT2D eigenvalue weighted by atomic mass is 19.2. The molecule has 0 bridgehead atoms. The standard InChI is InChI=1S/C11H7F2NO3.C10H9F2NO/c1-14-8-3-7(13)6(12)2-5(8)10(15)4-9(14)11(16)17;1-13-3-2-10(14)6-4-7(11)8(12)5-9(6)13/h2-4H,1H3,(H,16,17);4-5H,2-3H2,1H3. The van der Waals surface area contributed by atoms with Crippen molar-refractivity contribution in [1.82, 2.24) is 4.57 Å². The van der Waals surface area contributed by atoms with Crippen molar-refractivity contribution in [1.29, 1.82) is 0 Å². The van der Waals surface area contributed by atoms with Crippen LogP contribution in [0.5, 0.6) is 0 Å². The van der Waals surface area contributed by atoms with Crippen LogP contribution in [0.4, 0.5) is 23.2 Å². The van der Waals surface area contributed by atoms with Crippen molar-refractivity contribution in [3.05, 3.63) is 75.1 Å². The first-order chi connectivity index (χ1) is 14.5. The highest BCUT2D eigenvalue weighted by molar-refractivity contribution is 6.03. The fraction of sp³-hybridized carbons (Fsp3) is 0.190. The molecule has 0 aliphatic carbocycles. The fourth-order valence-electron chi connectivity index (χ4n) is 3.24. The van der Waals surface area contributed by atoms with Crippen LogP contribution in [0.1, 0.15) is 27.3 Å². The summed E-state index contributed by atoms with van der Waals surface area (Å²) in [5.74, 6) is -5.58. The number of ketones is 1. The van der Waals surface area contributed by atoms with E-state index >= 15 is 0 Å². The van der Waals surface area contributed by atoms with Gasteiger partial charge in [0, 0.05) is 56.2 Å². The maximum atomic E-state index is 13.1. The summed E-state index contributed by atoms with van der Waals surface area (Å²) in [6.07, 6.45) is 0.356. The number of aromatic carboxylic acids is 1. The normalized spacial score (nSPS) is 13.0. The van der Waals surface area contributed by atoms with Crippen LogP contribution in [-0.2, 0) is 7.05 Å². The third kappa shape index (κ3) is 4.14. The van der Waals surface area contributed by atoms with Gasteiger partial charge in [0.25, 0.3) is 0 Å². The van der Waals surface area contributed by atoms with Gasteiger partial charge in [-0.25, -0.2) is 22.4 Å². The molecular formula is C21H16F4N2O4. The molecule has 2 heterocycles. The van der Waals surface area contributed by atoms with Crippen LogP contribution in [0.3, 0.4) is 0 Å². The Hall–Kier alpha value is -3.69. The summed E-state index contributed by atoms with van der Waals surface area (Å²) >= 11 is 0. The van der Waals surface area contributed by atoms with Crippen molar-refractivity contribution in [2.45, 2.75) is 6.42 Å². The Labute approximate surface area is 172 Å². The number of rotatable bonds is 1. The highest BCUT2D eigenvalue weighted by Gasteiger charge is 2.23. The van der Waals surface area contributed by atoms with Gasteiger partial charge < -0.3 is 14.6 Å². The summed E-state index contributed by atoms with van der Waals surface area (Å²) < 4.78 is 52.9. The van der Waals surface area contributed by atoms with Crippen molar-refractivity contribution < 1.29 is 32.3 Å². The third-order valence-corrected chi connectivity index (χ3v) is 4.94. The summed E-state index contributed by atoms with van der Waals surface area (Å²) in [4.78, 5) is 35.5. The van der Waals surface area contributed by atoms with Crippen LogP contribution < -0.4 is 10.3 Å². The van der Waals surface area contributed by atoms with E-state index in [-0.39, 0.29) is 27.9 Å². The summed E-state index contributed by atoms with van der Waals surface area (Å²) in [5.41, 5.74) is -0.158. The number of aromatic nitrogens is 1. The molecule has 1 aliphatic rings. The van der Waals surface area contributed by atoms with Gasteiger partial charge in [0.2, 0.25) is 0 Å². The van der Waals surface area contributed by atoms with Crippen LogP contribution in [0, 0.1) is 23.3 Å². The number of carbonyl (C=O) groups is 2. The Morgan fingerprint density at radius 1 is 0.903 bits per heavy atom. The van der Waals surface area contributed by atoms with Gasteiger partial charge in [0.1, 0.15) is 5.69 Å². The van der Waals surface area contributed by atoms with Gasteiger partial charge in [-0.2, -0.15) is 0 Å². The quantitative estimate of drug-likeness (QED) is 0.591. The highest BCUT2D eigenvalue weighted by Crippen LogP contribution is 2.28. The van der Waals surface area contributed by atoms with Crippen molar-refractivity contribution in [3.8, 4) is 0 Å². The van der Waals surface area contributed by atoms with Gasteiger partial charge in [0.05, 0.1) is 11.2 Å². The zero-order valence-electron chi connectivity index (χ0n) is 16.4. The summed E-state index contributed by atoms with van der Waals surface area (Å²) in [5, 5.41) is 8.79. The molecule has 0 radical (unpaired) electrons. The Kier molecular flexibility index (Phi) is 5.83. The van der Waals surface area contributed by atoms with Crippen molar-refractivity contribution in [2.24, 2.45) is 7.05 Å². The minimum atomic E-state index is -1.31. The lowest BCUT2D eigenvalue weighted by Crippen LogP contribution is -2.28. The third-order valence-electron chi connectivity index (χ3n) is 4.94. The van der Waals surface area contributed by atoms with E-state index in [1.54, 1.807) is 11.9 Å². The molecule has 4 rings (SSSR count). The number of carbonyl (C=O) groups excluding carboxylic acids is 1. The molecule has 31 heavy (non-hydrogen) atoms. The van der Waals surface area contributed by atoms with Crippen molar-refractivity contribution in [3.63, 3.8) is 0 Å². The summed E-state index contributed by atoms with van der Waals surface area (Å²) in [6, 6.07) is 4.49. The van der Waals surface area contributed by atoms with E-state index in [0.717, 1.165) is 34.9 Å². The molecule has 1 aromatic heterocycles. The van der Waals surface area contributed by atoms with Crippen LogP contribution in [0.2, 0.25) is 0 Å². The molecule has 10 heteroatoms. The van der Waals surface area contributed by atoms with Crippen molar-refractivity contribution in [2.75, 3.05) is 18.5 Å². The number of hydrogen-bond donors (Lipinski definition) is 1. The molecule has 162 valence electrons. The Balaban J connectivity index is 0.000000179. The summed E-state index contributed by atoms with van der Waals surface area (Å²) in [6.45, 7) is 0.552. The average Bonchev–Trinajstić information content (AvgIpc) is 2.71. The molecule has 0 atom stereocenters. The number of aryl methyl sites for hydroxylation is 1. The van der Waals surface area contributed by atoms with E-state index in [9.17, 15) is 31.9 Å². The number of benzene rings is 2. The lowest BCUT2D eigenvalue weighted by molar-refractivity contribution is 0.0686. The van der Waals surface area contributed by atoms with Gasteiger partial charge in [-0.1, -0.05) is 0 Å². The zero-order chi connectivity index (χ0) is 23.0. The predicted molar refractivity (Wildman–Crippen MR) is 105 cm³/mol. The molecule has 0 saturated carbocycles. The summed E-state index contributed by atoms with van der Waals surface area (Å²) in [7, 11) is 3.12. The van der Waals surface area contributed by atoms with Crippen LogP contribution in [0.15, 0.2) is 35.1 Å². The molecule has 0 unspecified atom stereocenters. The molecule has 0 amide bonds. The van der Waals surface area contributed by atoms with E-state index in [4.69, 9.17) is 5.11 Å². The maximum Gasteiger partial charge on any atom is 0.352 e. The number of carboxylic acids is 1. The largest absolute Gasteiger partial charge is 0.477 e.